The monoisotopic (exact) mass is 316 g/mol. The molecule has 0 N–H and O–H groups in total. The number of hydrogen-bond donors (Lipinski definition) is 0. The molecule has 0 radical (unpaired) electrons. The molecule has 0 spiro atoms. The number of rotatable bonds is 3. The van der Waals surface area contributed by atoms with E-state index in [4.69, 9.17) is 16.3 Å². The van der Waals surface area contributed by atoms with Crippen molar-refractivity contribution in [3.05, 3.63) is 28.8 Å². The first kappa shape index (κ1) is 13.2. The number of benzene rings is 1. The standard InChI is InChI=1S/C14H18BrClO/c1-17-13-8-7-11(16)9-12(13)14(15)10-5-3-2-4-6-10/h7-10,14H,2-6H2,1H3. The molecule has 1 saturated carbocycles. The highest BCUT2D eigenvalue weighted by Crippen LogP contribution is 2.43. The lowest BCUT2D eigenvalue weighted by Crippen LogP contribution is -2.12. The van der Waals surface area contributed by atoms with Gasteiger partial charge in [-0.1, -0.05) is 46.8 Å². The molecule has 1 unspecified atom stereocenters. The van der Waals surface area contributed by atoms with Gasteiger partial charge in [0, 0.05) is 15.4 Å². The normalized spacial score (nSPS) is 19.0. The van der Waals surface area contributed by atoms with Gasteiger partial charge in [0.15, 0.2) is 0 Å². The van der Waals surface area contributed by atoms with Crippen molar-refractivity contribution in [2.75, 3.05) is 7.11 Å². The molecular formula is C14H18BrClO. The highest BCUT2D eigenvalue weighted by molar-refractivity contribution is 9.09. The Morgan fingerprint density at radius 1 is 1.29 bits per heavy atom. The van der Waals surface area contributed by atoms with Crippen molar-refractivity contribution in [3.8, 4) is 5.75 Å². The lowest BCUT2D eigenvalue weighted by atomic mass is 9.84. The topological polar surface area (TPSA) is 9.23 Å². The van der Waals surface area contributed by atoms with E-state index in [-0.39, 0.29) is 0 Å². The third kappa shape index (κ3) is 3.17. The van der Waals surface area contributed by atoms with Gasteiger partial charge in [0.2, 0.25) is 0 Å². The Kier molecular flexibility index (Phi) is 4.75. The quantitative estimate of drug-likeness (QED) is 0.681. The van der Waals surface area contributed by atoms with E-state index in [0.717, 1.165) is 10.8 Å². The highest BCUT2D eigenvalue weighted by Gasteiger charge is 2.25. The summed E-state index contributed by atoms with van der Waals surface area (Å²) in [5.41, 5.74) is 1.19. The third-order valence-corrected chi connectivity index (χ3v) is 5.03. The molecule has 0 heterocycles. The molecule has 3 heteroatoms. The Morgan fingerprint density at radius 3 is 2.65 bits per heavy atom. The Bertz CT molecular complexity index is 374. The molecule has 0 aliphatic heterocycles. The van der Waals surface area contributed by atoms with Crippen LogP contribution >= 0.6 is 27.5 Å². The summed E-state index contributed by atoms with van der Waals surface area (Å²) in [6.07, 6.45) is 6.66. The second-order valence-corrected chi connectivity index (χ2v) is 6.11. The maximum atomic E-state index is 6.08. The third-order valence-electron chi connectivity index (χ3n) is 3.55. The van der Waals surface area contributed by atoms with Gasteiger partial charge in [-0.3, -0.25) is 0 Å². The van der Waals surface area contributed by atoms with E-state index in [0.29, 0.717) is 10.7 Å². The zero-order chi connectivity index (χ0) is 12.3. The lowest BCUT2D eigenvalue weighted by molar-refractivity contribution is 0.346. The highest BCUT2D eigenvalue weighted by atomic mass is 79.9. The van der Waals surface area contributed by atoms with Gasteiger partial charge in [-0.25, -0.2) is 0 Å². The Balaban J connectivity index is 2.21. The molecule has 0 bridgehead atoms. The van der Waals surface area contributed by atoms with Crippen molar-refractivity contribution in [2.45, 2.75) is 36.9 Å². The van der Waals surface area contributed by atoms with Crippen LogP contribution in [0.2, 0.25) is 5.02 Å². The van der Waals surface area contributed by atoms with Crippen molar-refractivity contribution in [1.29, 1.82) is 0 Å². The first-order valence-electron chi connectivity index (χ1n) is 6.20. The van der Waals surface area contributed by atoms with Crippen molar-refractivity contribution in [3.63, 3.8) is 0 Å². The SMILES string of the molecule is COc1ccc(Cl)cc1C(Br)C1CCCCC1. The minimum Gasteiger partial charge on any atom is -0.496 e. The van der Waals surface area contributed by atoms with E-state index in [1.54, 1.807) is 7.11 Å². The van der Waals surface area contributed by atoms with Crippen LogP contribution in [0.1, 0.15) is 42.5 Å². The van der Waals surface area contributed by atoms with Crippen LogP contribution in [0.25, 0.3) is 0 Å². The van der Waals surface area contributed by atoms with Crippen LogP contribution in [0, 0.1) is 5.92 Å². The fourth-order valence-electron chi connectivity index (χ4n) is 2.60. The van der Waals surface area contributed by atoms with Gasteiger partial charge in [0.25, 0.3) is 0 Å². The minimum absolute atomic E-state index is 0.358. The van der Waals surface area contributed by atoms with Crippen molar-refractivity contribution < 1.29 is 4.74 Å². The largest absolute Gasteiger partial charge is 0.496 e. The van der Waals surface area contributed by atoms with Crippen LogP contribution < -0.4 is 4.74 Å². The number of methoxy groups -OCH3 is 1. The van der Waals surface area contributed by atoms with E-state index < -0.39 is 0 Å². The van der Waals surface area contributed by atoms with E-state index in [9.17, 15) is 0 Å². The van der Waals surface area contributed by atoms with Gasteiger partial charge in [0.1, 0.15) is 5.75 Å². The average molecular weight is 318 g/mol. The molecule has 17 heavy (non-hydrogen) atoms. The van der Waals surface area contributed by atoms with Crippen molar-refractivity contribution >= 4 is 27.5 Å². The zero-order valence-electron chi connectivity index (χ0n) is 10.1. The summed E-state index contributed by atoms with van der Waals surface area (Å²) in [5.74, 6) is 1.64. The summed E-state index contributed by atoms with van der Waals surface area (Å²) in [6, 6.07) is 5.85. The second kappa shape index (κ2) is 6.10. The van der Waals surface area contributed by atoms with Crippen LogP contribution in [0.3, 0.4) is 0 Å². The second-order valence-electron chi connectivity index (χ2n) is 4.69. The number of hydrogen-bond acceptors (Lipinski definition) is 1. The summed E-state index contributed by atoms with van der Waals surface area (Å²) in [6.45, 7) is 0. The van der Waals surface area contributed by atoms with Gasteiger partial charge in [-0.2, -0.15) is 0 Å². The predicted octanol–water partition coefficient (Wildman–Crippen LogP) is 5.36. The Labute approximate surface area is 117 Å². The molecule has 0 aromatic heterocycles. The lowest BCUT2D eigenvalue weighted by Gasteiger charge is -2.27. The Morgan fingerprint density at radius 2 is 2.00 bits per heavy atom. The number of halogens is 2. The van der Waals surface area contributed by atoms with Gasteiger partial charge < -0.3 is 4.74 Å². The minimum atomic E-state index is 0.358. The smallest absolute Gasteiger partial charge is 0.123 e. The molecule has 0 amide bonds. The first-order valence-corrected chi connectivity index (χ1v) is 7.49. The summed E-state index contributed by atoms with van der Waals surface area (Å²) < 4.78 is 5.42. The molecule has 1 aliphatic carbocycles. The fourth-order valence-corrected chi connectivity index (χ4v) is 3.67. The average Bonchev–Trinajstić information content (AvgIpc) is 2.39. The van der Waals surface area contributed by atoms with Gasteiger partial charge in [0.05, 0.1) is 7.11 Å². The molecule has 94 valence electrons. The molecule has 1 aliphatic rings. The molecule has 0 saturated heterocycles. The summed E-state index contributed by atoms with van der Waals surface area (Å²) in [7, 11) is 1.72. The van der Waals surface area contributed by atoms with E-state index in [1.807, 2.05) is 18.2 Å². The van der Waals surface area contributed by atoms with Gasteiger partial charge in [-0.05, 0) is 37.0 Å². The maximum absolute atomic E-state index is 6.08. The van der Waals surface area contributed by atoms with Crippen LogP contribution in [0.5, 0.6) is 5.75 Å². The number of alkyl halides is 1. The van der Waals surface area contributed by atoms with Gasteiger partial charge in [-0.15, -0.1) is 0 Å². The molecule has 1 aromatic rings. The molecule has 2 rings (SSSR count). The fraction of sp³-hybridized carbons (Fsp3) is 0.571. The molecule has 1 aromatic carbocycles. The van der Waals surface area contributed by atoms with Crippen molar-refractivity contribution in [2.24, 2.45) is 5.92 Å². The van der Waals surface area contributed by atoms with Crippen LogP contribution in [-0.4, -0.2) is 7.11 Å². The van der Waals surface area contributed by atoms with Crippen LogP contribution in [-0.2, 0) is 0 Å². The van der Waals surface area contributed by atoms with E-state index in [1.165, 1.54) is 37.7 Å². The molecule has 1 atom stereocenters. The Hall–Kier alpha value is -0.210. The van der Waals surface area contributed by atoms with Crippen LogP contribution in [0.4, 0.5) is 0 Å². The summed E-state index contributed by atoms with van der Waals surface area (Å²) in [5, 5.41) is 0.779. The van der Waals surface area contributed by atoms with Crippen molar-refractivity contribution in [1.82, 2.24) is 0 Å². The maximum Gasteiger partial charge on any atom is 0.123 e. The molecular weight excluding hydrogens is 300 g/mol. The van der Waals surface area contributed by atoms with Gasteiger partial charge >= 0.3 is 0 Å². The van der Waals surface area contributed by atoms with E-state index >= 15 is 0 Å². The summed E-state index contributed by atoms with van der Waals surface area (Å²) >= 11 is 9.92. The van der Waals surface area contributed by atoms with E-state index in [2.05, 4.69) is 15.9 Å². The molecule has 1 fully saturated rings. The number of ether oxygens (including phenoxy) is 1. The predicted molar refractivity (Wildman–Crippen MR) is 76.2 cm³/mol. The summed E-state index contributed by atoms with van der Waals surface area (Å²) in [4.78, 5) is 0.358. The van der Waals surface area contributed by atoms with Crippen LogP contribution in [0.15, 0.2) is 18.2 Å². The molecule has 1 nitrogen and oxygen atoms in total. The first-order chi connectivity index (χ1) is 8.22. The zero-order valence-corrected chi connectivity index (χ0v) is 12.4.